The molecule has 1 aliphatic heterocycles. The lowest BCUT2D eigenvalue weighted by Gasteiger charge is -2.25. The number of fused-ring (bicyclic) bond motifs is 1. The van der Waals surface area contributed by atoms with Gasteiger partial charge in [0.15, 0.2) is 4.80 Å². The Kier molecular flexibility index (Phi) is 8.19. The molecule has 1 aromatic heterocycles. The van der Waals surface area contributed by atoms with Gasteiger partial charge in [-0.3, -0.25) is 9.36 Å². The number of esters is 1. The van der Waals surface area contributed by atoms with Crippen molar-refractivity contribution in [1.82, 2.24) is 4.57 Å². The molecular formula is C28H30ClN3O4S. The highest BCUT2D eigenvalue weighted by molar-refractivity contribution is 7.07. The fraction of sp³-hybridized carbons (Fsp3) is 0.321. The van der Waals surface area contributed by atoms with Crippen molar-refractivity contribution in [3.63, 3.8) is 0 Å². The largest absolute Gasteiger partial charge is 0.496 e. The maximum Gasteiger partial charge on any atom is 0.338 e. The molecule has 0 spiro atoms. The van der Waals surface area contributed by atoms with Crippen LogP contribution in [-0.4, -0.2) is 37.3 Å². The minimum Gasteiger partial charge on any atom is -0.496 e. The zero-order valence-corrected chi connectivity index (χ0v) is 23.2. The van der Waals surface area contributed by atoms with E-state index in [4.69, 9.17) is 21.1 Å². The number of allylic oxidation sites excluding steroid dienone is 1. The summed E-state index contributed by atoms with van der Waals surface area (Å²) in [7, 11) is 1.62. The molecule has 0 saturated heterocycles. The van der Waals surface area contributed by atoms with E-state index >= 15 is 0 Å². The lowest BCUT2D eigenvalue weighted by molar-refractivity contribution is -0.139. The van der Waals surface area contributed by atoms with Crippen molar-refractivity contribution < 1.29 is 14.3 Å². The van der Waals surface area contributed by atoms with Crippen LogP contribution in [0.25, 0.3) is 6.08 Å². The average molecular weight is 540 g/mol. The van der Waals surface area contributed by atoms with E-state index in [9.17, 15) is 9.59 Å². The molecular weight excluding hydrogens is 510 g/mol. The Hall–Kier alpha value is -3.36. The minimum absolute atomic E-state index is 0.207. The first kappa shape index (κ1) is 26.7. The van der Waals surface area contributed by atoms with Crippen molar-refractivity contribution in [1.29, 1.82) is 0 Å². The van der Waals surface area contributed by atoms with Gasteiger partial charge in [0.05, 0.1) is 29.5 Å². The van der Waals surface area contributed by atoms with Gasteiger partial charge in [0, 0.05) is 35.4 Å². The third-order valence-corrected chi connectivity index (χ3v) is 7.68. The fourth-order valence-electron chi connectivity index (χ4n) is 4.53. The summed E-state index contributed by atoms with van der Waals surface area (Å²) in [4.78, 5) is 34.2. The van der Waals surface area contributed by atoms with Crippen LogP contribution in [0.4, 0.5) is 5.69 Å². The van der Waals surface area contributed by atoms with Crippen molar-refractivity contribution in [2.45, 2.75) is 33.7 Å². The number of aromatic nitrogens is 1. The van der Waals surface area contributed by atoms with Crippen molar-refractivity contribution in [3.05, 3.63) is 89.6 Å². The summed E-state index contributed by atoms with van der Waals surface area (Å²) < 4.78 is 13.0. The summed E-state index contributed by atoms with van der Waals surface area (Å²) in [5, 5.41) is 0.451. The topological polar surface area (TPSA) is 73.1 Å². The number of rotatable bonds is 8. The van der Waals surface area contributed by atoms with Gasteiger partial charge in [0.2, 0.25) is 0 Å². The van der Waals surface area contributed by atoms with E-state index in [1.165, 1.54) is 15.9 Å². The Balaban J connectivity index is 1.92. The molecule has 2 aromatic carbocycles. The second-order valence-electron chi connectivity index (χ2n) is 8.42. The van der Waals surface area contributed by atoms with Gasteiger partial charge in [0.25, 0.3) is 5.56 Å². The van der Waals surface area contributed by atoms with Gasteiger partial charge < -0.3 is 14.4 Å². The van der Waals surface area contributed by atoms with Crippen LogP contribution in [-0.2, 0) is 9.53 Å². The number of carbonyl (C=O) groups is 1. The molecule has 1 aliphatic rings. The second kappa shape index (κ2) is 11.4. The Bertz CT molecular complexity index is 1540. The number of halogens is 1. The smallest absolute Gasteiger partial charge is 0.338 e. The van der Waals surface area contributed by atoms with E-state index in [1.807, 2.05) is 42.5 Å². The number of hydrogen-bond donors (Lipinski definition) is 0. The highest BCUT2D eigenvalue weighted by atomic mass is 35.5. The molecule has 194 valence electrons. The van der Waals surface area contributed by atoms with E-state index in [0.717, 1.165) is 24.3 Å². The minimum atomic E-state index is -0.752. The molecule has 0 unspecified atom stereocenters. The summed E-state index contributed by atoms with van der Waals surface area (Å²) in [6.45, 7) is 9.66. The number of nitrogens with zero attached hydrogens (tertiary/aromatic N) is 3. The second-order valence-corrected chi connectivity index (χ2v) is 9.84. The molecule has 0 fully saturated rings. The first-order valence-electron chi connectivity index (χ1n) is 12.2. The zero-order chi connectivity index (χ0) is 26.7. The maximum atomic E-state index is 13.8. The van der Waals surface area contributed by atoms with E-state index in [1.54, 1.807) is 27.0 Å². The molecule has 0 radical (unpaired) electrons. The Labute approximate surface area is 224 Å². The normalized spacial score (nSPS) is 15.3. The zero-order valence-electron chi connectivity index (χ0n) is 21.6. The van der Waals surface area contributed by atoms with Crippen LogP contribution in [0.3, 0.4) is 0 Å². The summed E-state index contributed by atoms with van der Waals surface area (Å²) in [6, 6.07) is 12.4. The van der Waals surface area contributed by atoms with Crippen LogP contribution < -0.4 is 24.5 Å². The van der Waals surface area contributed by atoms with E-state index < -0.39 is 12.0 Å². The molecule has 1 atom stereocenters. The van der Waals surface area contributed by atoms with Gasteiger partial charge in [-0.25, -0.2) is 9.79 Å². The monoisotopic (exact) mass is 539 g/mol. The van der Waals surface area contributed by atoms with E-state index in [2.05, 4.69) is 23.7 Å². The van der Waals surface area contributed by atoms with Crippen molar-refractivity contribution in [3.8, 4) is 5.75 Å². The van der Waals surface area contributed by atoms with Crippen LogP contribution in [0.2, 0.25) is 5.02 Å². The molecule has 0 aliphatic carbocycles. The highest BCUT2D eigenvalue weighted by Gasteiger charge is 2.34. The Morgan fingerprint density at radius 2 is 1.92 bits per heavy atom. The Morgan fingerprint density at radius 3 is 2.57 bits per heavy atom. The average Bonchev–Trinajstić information content (AvgIpc) is 3.19. The molecule has 0 saturated carbocycles. The van der Waals surface area contributed by atoms with Gasteiger partial charge in [-0.2, -0.15) is 0 Å². The lowest BCUT2D eigenvalue weighted by Crippen LogP contribution is -2.40. The van der Waals surface area contributed by atoms with Crippen molar-refractivity contribution in [2.75, 3.05) is 31.7 Å². The first-order chi connectivity index (χ1) is 17.8. The third-order valence-electron chi connectivity index (χ3n) is 6.35. The maximum absolute atomic E-state index is 13.8. The molecule has 2 heterocycles. The van der Waals surface area contributed by atoms with Crippen LogP contribution in [0.1, 0.15) is 44.9 Å². The lowest BCUT2D eigenvalue weighted by atomic mass is 9.96. The molecule has 4 rings (SSSR count). The number of ether oxygens (including phenoxy) is 2. The summed E-state index contributed by atoms with van der Waals surface area (Å²) in [5.41, 5.74) is 2.99. The molecule has 9 heteroatoms. The number of anilines is 1. The van der Waals surface area contributed by atoms with Gasteiger partial charge >= 0.3 is 5.97 Å². The molecule has 0 amide bonds. The quantitative estimate of drug-likeness (QED) is 0.399. The van der Waals surface area contributed by atoms with E-state index in [-0.39, 0.29) is 12.2 Å². The number of thiazole rings is 1. The first-order valence-corrected chi connectivity index (χ1v) is 13.4. The molecule has 0 N–H and O–H groups in total. The molecule has 3 aromatic rings. The number of carbonyl (C=O) groups excluding carboxylic acids is 1. The molecule has 7 nitrogen and oxygen atoms in total. The van der Waals surface area contributed by atoms with E-state index in [0.29, 0.717) is 36.9 Å². The summed E-state index contributed by atoms with van der Waals surface area (Å²) >= 11 is 7.83. The predicted octanol–water partition coefficient (Wildman–Crippen LogP) is 4.31. The molecule has 37 heavy (non-hydrogen) atoms. The summed E-state index contributed by atoms with van der Waals surface area (Å²) in [5.74, 6) is 0.151. The van der Waals surface area contributed by atoms with Gasteiger partial charge in [-0.05, 0) is 57.5 Å². The van der Waals surface area contributed by atoms with Crippen molar-refractivity contribution >= 4 is 40.7 Å². The standard InChI is InChI=1S/C28H30ClN3O4S/c1-6-31(7-2)19-14-13-18(22(16-19)35-5)15-23-26(33)32-25(20-11-9-10-12-21(20)29)24(27(34)36-8-3)17(4)30-28(32)37-23/h9-16,25H,6-8H2,1-5H3/b23-15+/t25-/m0/s1. The van der Waals surface area contributed by atoms with Gasteiger partial charge in [-0.1, -0.05) is 41.1 Å². The van der Waals surface area contributed by atoms with Crippen LogP contribution in [0.15, 0.2) is 63.5 Å². The number of hydrogen-bond acceptors (Lipinski definition) is 7. The predicted molar refractivity (Wildman–Crippen MR) is 148 cm³/mol. The summed E-state index contributed by atoms with van der Waals surface area (Å²) in [6.07, 6.45) is 1.81. The highest BCUT2D eigenvalue weighted by Crippen LogP contribution is 2.34. The van der Waals surface area contributed by atoms with Gasteiger partial charge in [0.1, 0.15) is 11.8 Å². The molecule has 0 bridgehead atoms. The SMILES string of the molecule is CCOC(=O)C1=C(C)N=c2s/c(=C/c3ccc(N(CC)CC)cc3OC)c(=O)n2[C@H]1c1ccccc1Cl. The third kappa shape index (κ3) is 5.08. The fourth-order valence-corrected chi connectivity index (χ4v) is 5.80. The van der Waals surface area contributed by atoms with Crippen molar-refractivity contribution in [2.24, 2.45) is 4.99 Å². The van der Waals surface area contributed by atoms with Crippen LogP contribution in [0, 0.1) is 0 Å². The number of methoxy groups -OCH3 is 1. The Morgan fingerprint density at radius 1 is 1.19 bits per heavy atom. The van der Waals surface area contributed by atoms with Crippen LogP contribution in [0.5, 0.6) is 5.75 Å². The van der Waals surface area contributed by atoms with Crippen LogP contribution >= 0.6 is 22.9 Å². The van der Waals surface area contributed by atoms with Gasteiger partial charge in [-0.15, -0.1) is 0 Å². The number of benzene rings is 2.